The topological polar surface area (TPSA) is 38.8 Å². The molecule has 0 unspecified atom stereocenters. The van der Waals surface area contributed by atoms with Gasteiger partial charge in [0.2, 0.25) is 0 Å². The number of rotatable bonds is 4. The molecule has 0 radical (unpaired) electrons. The Balaban J connectivity index is 1.89. The molecule has 1 amide bonds. The molecule has 1 heterocycles. The maximum atomic E-state index is 13.7. The second-order valence-corrected chi connectivity index (χ2v) is 6.32. The predicted molar refractivity (Wildman–Crippen MR) is 94.3 cm³/mol. The molecule has 0 atom stereocenters. The highest BCUT2D eigenvalue weighted by Crippen LogP contribution is 2.34. The molecule has 2 aromatic carbocycles. The third-order valence-corrected chi connectivity index (χ3v) is 4.52. The number of nitrogens with zero attached hydrogens (tertiary/aromatic N) is 1. The first-order valence-electron chi connectivity index (χ1n) is 7.82. The molecule has 132 valence electrons. The number of benzene rings is 2. The van der Waals surface area contributed by atoms with Crippen LogP contribution in [-0.2, 0) is 6.54 Å². The fourth-order valence-corrected chi connectivity index (χ4v) is 3.11. The molecule has 25 heavy (non-hydrogen) atoms. The minimum absolute atomic E-state index is 0.0763. The summed E-state index contributed by atoms with van der Waals surface area (Å²) < 4.78 is 25.0. The van der Waals surface area contributed by atoms with Crippen molar-refractivity contribution in [1.29, 1.82) is 0 Å². The van der Waals surface area contributed by atoms with Crippen LogP contribution < -0.4 is 9.47 Å². The van der Waals surface area contributed by atoms with Gasteiger partial charge in [-0.25, -0.2) is 4.39 Å². The summed E-state index contributed by atoms with van der Waals surface area (Å²) in [5.74, 6) is 0.230. The lowest BCUT2D eigenvalue weighted by Gasteiger charge is -2.25. The lowest BCUT2D eigenvalue weighted by Crippen LogP contribution is -2.31. The summed E-state index contributed by atoms with van der Waals surface area (Å²) in [7, 11) is 0. The van der Waals surface area contributed by atoms with Crippen LogP contribution in [0.15, 0.2) is 30.3 Å². The number of carbonyl (C=O) groups excluding carboxylic acids is 1. The average molecular weight is 384 g/mol. The van der Waals surface area contributed by atoms with Gasteiger partial charge >= 0.3 is 0 Å². The Morgan fingerprint density at radius 2 is 1.96 bits per heavy atom. The van der Waals surface area contributed by atoms with Crippen molar-refractivity contribution >= 4 is 29.1 Å². The Kier molecular flexibility index (Phi) is 5.35. The summed E-state index contributed by atoms with van der Waals surface area (Å²) >= 11 is 11.8. The standard InChI is InChI=1S/C18H16Cl2FNO3/c1-2-22(18(23)12-8-15(21)14(20)9-13(12)19)10-11-4-3-5-16-17(11)25-7-6-24-16/h3-5,8-9H,2,6-7,10H2,1H3. The largest absolute Gasteiger partial charge is 0.486 e. The van der Waals surface area contributed by atoms with E-state index >= 15 is 0 Å². The Morgan fingerprint density at radius 3 is 2.72 bits per heavy atom. The molecule has 3 rings (SSSR count). The number of hydrogen-bond donors (Lipinski definition) is 0. The first-order valence-corrected chi connectivity index (χ1v) is 8.58. The quantitative estimate of drug-likeness (QED) is 0.726. The fourth-order valence-electron chi connectivity index (χ4n) is 2.65. The molecular formula is C18H16Cl2FNO3. The zero-order valence-electron chi connectivity index (χ0n) is 13.5. The van der Waals surface area contributed by atoms with Crippen molar-refractivity contribution in [2.24, 2.45) is 0 Å². The molecule has 1 aliphatic rings. The number of para-hydroxylation sites is 1. The minimum atomic E-state index is -0.681. The van der Waals surface area contributed by atoms with E-state index < -0.39 is 5.82 Å². The van der Waals surface area contributed by atoms with Crippen molar-refractivity contribution in [3.8, 4) is 11.5 Å². The van der Waals surface area contributed by atoms with Gasteiger partial charge in [0, 0.05) is 18.7 Å². The lowest BCUT2D eigenvalue weighted by molar-refractivity contribution is 0.0749. The van der Waals surface area contributed by atoms with Crippen LogP contribution in [0.5, 0.6) is 11.5 Å². The van der Waals surface area contributed by atoms with Gasteiger partial charge in [-0.2, -0.15) is 0 Å². The molecule has 0 N–H and O–H groups in total. The molecule has 1 aliphatic heterocycles. The molecule has 0 aliphatic carbocycles. The molecule has 0 saturated carbocycles. The molecule has 7 heteroatoms. The summed E-state index contributed by atoms with van der Waals surface area (Å²) in [6.45, 7) is 3.50. The molecule has 0 fully saturated rings. The number of carbonyl (C=O) groups is 1. The summed E-state index contributed by atoms with van der Waals surface area (Å²) in [6, 6.07) is 7.84. The van der Waals surface area contributed by atoms with Crippen LogP contribution in [0.4, 0.5) is 4.39 Å². The minimum Gasteiger partial charge on any atom is -0.486 e. The van der Waals surface area contributed by atoms with E-state index in [1.807, 2.05) is 25.1 Å². The molecule has 0 spiro atoms. The highest BCUT2D eigenvalue weighted by molar-refractivity contribution is 6.36. The monoisotopic (exact) mass is 383 g/mol. The Bertz CT molecular complexity index is 813. The van der Waals surface area contributed by atoms with Gasteiger partial charge in [0.05, 0.1) is 15.6 Å². The SMILES string of the molecule is CCN(Cc1cccc2c1OCCO2)C(=O)c1cc(F)c(Cl)cc1Cl. The van der Waals surface area contributed by atoms with E-state index in [0.29, 0.717) is 37.8 Å². The molecular weight excluding hydrogens is 368 g/mol. The van der Waals surface area contributed by atoms with Crippen molar-refractivity contribution in [2.75, 3.05) is 19.8 Å². The van der Waals surface area contributed by atoms with E-state index in [1.54, 1.807) is 4.90 Å². The van der Waals surface area contributed by atoms with Crippen LogP contribution in [0.3, 0.4) is 0 Å². The van der Waals surface area contributed by atoms with Gasteiger partial charge in [0.25, 0.3) is 5.91 Å². The van der Waals surface area contributed by atoms with Gasteiger partial charge in [-0.1, -0.05) is 35.3 Å². The molecule has 2 aromatic rings. The van der Waals surface area contributed by atoms with Crippen LogP contribution in [0.25, 0.3) is 0 Å². The number of halogens is 3. The Hall–Kier alpha value is -1.98. The van der Waals surface area contributed by atoms with E-state index in [4.69, 9.17) is 32.7 Å². The normalized spacial score (nSPS) is 12.8. The van der Waals surface area contributed by atoms with Gasteiger partial charge in [0.15, 0.2) is 11.5 Å². The molecule has 4 nitrogen and oxygen atoms in total. The predicted octanol–water partition coefficient (Wildman–Crippen LogP) is 4.57. The number of fused-ring (bicyclic) bond motifs is 1. The Labute approximate surface area is 155 Å². The summed E-state index contributed by atoms with van der Waals surface area (Å²) in [6.07, 6.45) is 0. The van der Waals surface area contributed by atoms with Crippen LogP contribution in [0.2, 0.25) is 10.0 Å². The van der Waals surface area contributed by atoms with Gasteiger partial charge < -0.3 is 14.4 Å². The van der Waals surface area contributed by atoms with Gasteiger partial charge in [-0.15, -0.1) is 0 Å². The van der Waals surface area contributed by atoms with Crippen molar-refractivity contribution in [3.05, 3.63) is 57.3 Å². The fraction of sp³-hybridized carbons (Fsp3) is 0.278. The van der Waals surface area contributed by atoms with Crippen LogP contribution in [0.1, 0.15) is 22.8 Å². The van der Waals surface area contributed by atoms with Crippen molar-refractivity contribution in [1.82, 2.24) is 4.90 Å². The van der Waals surface area contributed by atoms with E-state index in [1.165, 1.54) is 6.07 Å². The smallest absolute Gasteiger partial charge is 0.255 e. The van der Waals surface area contributed by atoms with Crippen LogP contribution in [0, 0.1) is 5.82 Å². The van der Waals surface area contributed by atoms with E-state index in [9.17, 15) is 9.18 Å². The third-order valence-electron chi connectivity index (χ3n) is 3.92. The highest BCUT2D eigenvalue weighted by Gasteiger charge is 2.23. The van der Waals surface area contributed by atoms with Crippen LogP contribution >= 0.6 is 23.2 Å². The molecule has 0 aromatic heterocycles. The van der Waals surface area contributed by atoms with Gasteiger partial charge in [-0.3, -0.25) is 4.79 Å². The van der Waals surface area contributed by atoms with Crippen molar-refractivity contribution in [3.63, 3.8) is 0 Å². The maximum Gasteiger partial charge on any atom is 0.255 e. The lowest BCUT2D eigenvalue weighted by atomic mass is 10.1. The number of hydrogen-bond acceptors (Lipinski definition) is 3. The van der Waals surface area contributed by atoms with E-state index in [-0.39, 0.29) is 21.5 Å². The summed E-state index contributed by atoms with van der Waals surface area (Å²) in [5, 5.41) is -0.00296. The molecule has 0 bridgehead atoms. The maximum absolute atomic E-state index is 13.7. The van der Waals surface area contributed by atoms with Crippen LogP contribution in [-0.4, -0.2) is 30.6 Å². The first kappa shape index (κ1) is 17.8. The van der Waals surface area contributed by atoms with Crippen molar-refractivity contribution in [2.45, 2.75) is 13.5 Å². The zero-order valence-corrected chi connectivity index (χ0v) is 15.0. The van der Waals surface area contributed by atoms with E-state index in [0.717, 1.165) is 11.6 Å². The Morgan fingerprint density at radius 1 is 1.20 bits per heavy atom. The first-order chi connectivity index (χ1) is 12.0. The molecule has 0 saturated heterocycles. The van der Waals surface area contributed by atoms with E-state index in [2.05, 4.69) is 0 Å². The second-order valence-electron chi connectivity index (χ2n) is 5.51. The van der Waals surface area contributed by atoms with Gasteiger partial charge in [0.1, 0.15) is 19.0 Å². The summed E-state index contributed by atoms with van der Waals surface area (Å²) in [4.78, 5) is 14.4. The van der Waals surface area contributed by atoms with Crippen molar-refractivity contribution < 1.29 is 18.7 Å². The summed E-state index contributed by atoms with van der Waals surface area (Å²) in [5.41, 5.74) is 0.894. The van der Waals surface area contributed by atoms with Gasteiger partial charge in [-0.05, 0) is 25.1 Å². The highest BCUT2D eigenvalue weighted by atomic mass is 35.5. The number of amides is 1. The third kappa shape index (κ3) is 3.67. The average Bonchev–Trinajstić information content (AvgIpc) is 2.62. The zero-order chi connectivity index (χ0) is 18.0. The second kappa shape index (κ2) is 7.50. The number of ether oxygens (including phenoxy) is 2.